The van der Waals surface area contributed by atoms with Gasteiger partial charge in [-0.3, -0.25) is 9.80 Å². The first kappa shape index (κ1) is 22.3. The highest BCUT2D eigenvalue weighted by atomic mass is 16.5. The van der Waals surface area contributed by atoms with Crippen molar-refractivity contribution in [3.8, 4) is 0 Å². The van der Waals surface area contributed by atoms with E-state index in [1.807, 2.05) is 13.0 Å². The van der Waals surface area contributed by atoms with Crippen LogP contribution in [-0.4, -0.2) is 52.8 Å². The van der Waals surface area contributed by atoms with Gasteiger partial charge in [-0.05, 0) is 70.0 Å². The van der Waals surface area contributed by atoms with Crippen molar-refractivity contribution in [1.82, 2.24) is 9.80 Å². The van der Waals surface area contributed by atoms with E-state index in [0.717, 1.165) is 41.9 Å². The lowest BCUT2D eigenvalue weighted by atomic mass is 10.0. The van der Waals surface area contributed by atoms with Crippen LogP contribution in [0.5, 0.6) is 0 Å². The summed E-state index contributed by atoms with van der Waals surface area (Å²) in [6.45, 7) is 15.3. The summed E-state index contributed by atoms with van der Waals surface area (Å²) < 4.78 is 6.04. The molecule has 2 atom stereocenters. The maximum Gasteiger partial charge on any atom is 0.300 e. The normalized spacial score (nSPS) is 24.1. The summed E-state index contributed by atoms with van der Waals surface area (Å²) in [4.78, 5) is 9.00. The summed E-state index contributed by atoms with van der Waals surface area (Å²) in [6.07, 6.45) is 8.65. The van der Waals surface area contributed by atoms with E-state index in [4.69, 9.17) is 9.73 Å². The highest BCUT2D eigenvalue weighted by Gasteiger charge is 2.34. The number of likely N-dealkylation sites (N-methyl/N-ethyl adjacent to an activating group) is 2. The standard InChI is InChI=1S/C25H35N3O2/c1-7-27(8-2)21-12-10-20(11-13-21)16-22-24(29)28(9-3)25(30-22)26-23-18(5)14-17(4)15-19(23)6/h10-12,14-16,21,24,29H,7-9,13H2,1-6H3/b22-16+,26-25?. The van der Waals surface area contributed by atoms with Crippen LogP contribution in [0.15, 0.2) is 52.8 Å². The zero-order valence-electron chi connectivity index (χ0n) is 19.1. The molecule has 3 rings (SSSR count). The Bertz CT molecular complexity index is 871. The summed E-state index contributed by atoms with van der Waals surface area (Å²) in [5.41, 5.74) is 5.39. The van der Waals surface area contributed by atoms with Gasteiger partial charge in [-0.2, -0.15) is 4.99 Å². The number of hydrogen-bond acceptors (Lipinski definition) is 4. The van der Waals surface area contributed by atoms with Gasteiger partial charge in [0.2, 0.25) is 0 Å². The number of nitrogens with zero attached hydrogens (tertiary/aromatic N) is 3. The Labute approximate surface area is 181 Å². The smallest absolute Gasteiger partial charge is 0.300 e. The molecule has 5 heteroatoms. The van der Waals surface area contributed by atoms with Gasteiger partial charge in [0.05, 0.1) is 5.69 Å². The molecule has 1 fully saturated rings. The maximum atomic E-state index is 10.8. The molecule has 1 aliphatic carbocycles. The van der Waals surface area contributed by atoms with E-state index >= 15 is 0 Å². The molecule has 1 saturated heterocycles. The van der Waals surface area contributed by atoms with Crippen molar-refractivity contribution in [1.29, 1.82) is 0 Å². The molecule has 1 N–H and O–H groups in total. The molecule has 1 aromatic rings. The summed E-state index contributed by atoms with van der Waals surface area (Å²) in [6, 6.07) is 5.13. The fourth-order valence-corrected chi connectivity index (χ4v) is 4.28. The molecule has 0 aromatic heterocycles. The minimum Gasteiger partial charge on any atom is -0.425 e. The van der Waals surface area contributed by atoms with Crippen LogP contribution >= 0.6 is 0 Å². The molecule has 0 bridgehead atoms. The number of aryl methyl sites for hydroxylation is 3. The van der Waals surface area contributed by atoms with E-state index in [-0.39, 0.29) is 0 Å². The first-order valence-electron chi connectivity index (χ1n) is 11.0. The van der Waals surface area contributed by atoms with Crippen LogP contribution in [0.2, 0.25) is 0 Å². The summed E-state index contributed by atoms with van der Waals surface area (Å²) >= 11 is 0. The third-order valence-electron chi connectivity index (χ3n) is 5.88. The van der Waals surface area contributed by atoms with Gasteiger partial charge in [0.15, 0.2) is 12.0 Å². The van der Waals surface area contributed by atoms with Crippen LogP contribution < -0.4 is 0 Å². The Balaban J connectivity index is 1.83. The summed E-state index contributed by atoms with van der Waals surface area (Å²) in [5, 5.41) is 10.8. The van der Waals surface area contributed by atoms with E-state index in [0.29, 0.717) is 24.4 Å². The molecule has 1 heterocycles. The molecular formula is C25H35N3O2. The van der Waals surface area contributed by atoms with Gasteiger partial charge >= 0.3 is 0 Å². The molecule has 1 aromatic carbocycles. The highest BCUT2D eigenvalue weighted by molar-refractivity contribution is 5.82. The molecule has 0 amide bonds. The lowest BCUT2D eigenvalue weighted by Gasteiger charge is -2.28. The molecule has 5 nitrogen and oxygen atoms in total. The molecule has 162 valence electrons. The average Bonchev–Trinajstić information content (AvgIpc) is 3.01. The second-order valence-corrected chi connectivity index (χ2v) is 8.04. The number of aliphatic hydroxyl groups excluding tert-OH is 1. The summed E-state index contributed by atoms with van der Waals surface area (Å²) in [5.74, 6) is 0.523. The third-order valence-corrected chi connectivity index (χ3v) is 5.88. The number of benzene rings is 1. The van der Waals surface area contributed by atoms with E-state index in [1.165, 1.54) is 5.56 Å². The number of allylic oxidation sites excluding steroid dienone is 3. The molecule has 1 aliphatic heterocycles. The number of amidine groups is 1. The second kappa shape index (κ2) is 9.63. The van der Waals surface area contributed by atoms with Gasteiger partial charge in [0.1, 0.15) is 0 Å². The molecule has 2 unspecified atom stereocenters. The molecular weight excluding hydrogens is 374 g/mol. The monoisotopic (exact) mass is 409 g/mol. The molecule has 2 aliphatic rings. The first-order valence-corrected chi connectivity index (χ1v) is 11.0. The zero-order valence-corrected chi connectivity index (χ0v) is 19.1. The van der Waals surface area contributed by atoms with Crippen LogP contribution in [0, 0.1) is 20.8 Å². The van der Waals surface area contributed by atoms with Crippen LogP contribution in [-0.2, 0) is 4.74 Å². The largest absolute Gasteiger partial charge is 0.425 e. The number of ether oxygens (including phenoxy) is 1. The van der Waals surface area contributed by atoms with Crippen molar-refractivity contribution in [3.63, 3.8) is 0 Å². The summed E-state index contributed by atoms with van der Waals surface area (Å²) in [7, 11) is 0. The van der Waals surface area contributed by atoms with Crippen molar-refractivity contribution < 1.29 is 9.84 Å². The van der Waals surface area contributed by atoms with Crippen molar-refractivity contribution in [2.24, 2.45) is 4.99 Å². The van der Waals surface area contributed by atoms with Gasteiger partial charge in [-0.25, -0.2) is 0 Å². The van der Waals surface area contributed by atoms with Crippen LogP contribution in [0.25, 0.3) is 0 Å². The maximum absolute atomic E-state index is 10.8. The van der Waals surface area contributed by atoms with Gasteiger partial charge in [-0.15, -0.1) is 0 Å². The SMILES string of the molecule is CCN(CC)C1C=CC(/C=C2/OC(=Nc3c(C)cc(C)cc3C)N(CC)C2O)=CC1. The minimum atomic E-state index is -0.824. The third kappa shape index (κ3) is 4.68. The minimum absolute atomic E-state index is 0.438. The van der Waals surface area contributed by atoms with Crippen LogP contribution in [0.4, 0.5) is 5.69 Å². The molecule has 0 radical (unpaired) electrons. The molecule has 30 heavy (non-hydrogen) atoms. The number of rotatable bonds is 6. The lowest BCUT2D eigenvalue weighted by Crippen LogP contribution is -2.34. The van der Waals surface area contributed by atoms with Gasteiger partial charge in [0.25, 0.3) is 6.02 Å². The molecule has 0 saturated carbocycles. The zero-order chi connectivity index (χ0) is 21.8. The van der Waals surface area contributed by atoms with Gasteiger partial charge in [0, 0.05) is 12.6 Å². The fourth-order valence-electron chi connectivity index (χ4n) is 4.28. The van der Waals surface area contributed by atoms with E-state index in [9.17, 15) is 5.11 Å². The Kier molecular flexibility index (Phi) is 7.16. The Morgan fingerprint density at radius 3 is 2.37 bits per heavy atom. The number of hydrogen-bond donors (Lipinski definition) is 1. The second-order valence-electron chi connectivity index (χ2n) is 8.04. The van der Waals surface area contributed by atoms with Crippen LogP contribution in [0.1, 0.15) is 43.9 Å². The van der Waals surface area contributed by atoms with Crippen molar-refractivity contribution in [2.75, 3.05) is 19.6 Å². The van der Waals surface area contributed by atoms with Gasteiger partial charge < -0.3 is 9.84 Å². The van der Waals surface area contributed by atoms with E-state index < -0.39 is 6.23 Å². The number of aliphatic imine (C=N–C) groups is 1. The predicted molar refractivity (Wildman–Crippen MR) is 124 cm³/mol. The van der Waals surface area contributed by atoms with Crippen molar-refractivity contribution in [2.45, 2.75) is 60.2 Å². The molecule has 0 spiro atoms. The van der Waals surface area contributed by atoms with Crippen LogP contribution in [0.3, 0.4) is 0 Å². The highest BCUT2D eigenvalue weighted by Crippen LogP contribution is 2.30. The van der Waals surface area contributed by atoms with E-state index in [2.05, 4.69) is 69.9 Å². The van der Waals surface area contributed by atoms with Crippen molar-refractivity contribution >= 4 is 11.7 Å². The lowest BCUT2D eigenvalue weighted by molar-refractivity contribution is 0.0973. The number of aliphatic hydroxyl groups is 1. The van der Waals surface area contributed by atoms with E-state index in [1.54, 1.807) is 4.90 Å². The van der Waals surface area contributed by atoms with Crippen molar-refractivity contribution in [3.05, 3.63) is 64.5 Å². The Hall–Kier alpha value is -2.37. The average molecular weight is 410 g/mol. The first-order chi connectivity index (χ1) is 14.4. The Morgan fingerprint density at radius 1 is 1.17 bits per heavy atom. The quantitative estimate of drug-likeness (QED) is 0.737. The predicted octanol–water partition coefficient (Wildman–Crippen LogP) is 4.75. The fraction of sp³-hybridized carbons (Fsp3) is 0.480. The topological polar surface area (TPSA) is 48.3 Å². The Morgan fingerprint density at radius 2 is 1.83 bits per heavy atom. The van der Waals surface area contributed by atoms with Gasteiger partial charge in [-0.1, -0.05) is 49.8 Å².